The van der Waals surface area contributed by atoms with Gasteiger partial charge in [0.2, 0.25) is 0 Å². The van der Waals surface area contributed by atoms with Gasteiger partial charge in [-0.3, -0.25) is 0 Å². The third-order valence-corrected chi connectivity index (χ3v) is 16.6. The van der Waals surface area contributed by atoms with E-state index in [0.29, 0.717) is 0 Å². The summed E-state index contributed by atoms with van der Waals surface area (Å²) in [7, 11) is 0. The van der Waals surface area contributed by atoms with Gasteiger partial charge in [-0.2, -0.15) is 8.75 Å². The minimum atomic E-state index is -0.486. The normalized spacial score (nSPS) is 12.5. The van der Waals surface area contributed by atoms with E-state index in [4.69, 9.17) is 8.75 Å². The number of hydrogen-bond donors (Lipinski definition) is 0. The van der Waals surface area contributed by atoms with Crippen molar-refractivity contribution in [2.24, 2.45) is 0 Å². The number of rotatable bonds is 10. The second kappa shape index (κ2) is 19.1. The molecule has 2 aromatic heterocycles. The molecule has 0 radical (unpaired) electrons. The standard InChI is InChI=1S/C73H46F2N4S/c74-56-32-22-47(23-33-56)52-30-41-68-64(45-52)65-46-53(48-24-34-57(75)35-25-48)31-42-69(65)79(68)60-38-28-50(29-39-60)61-40-43-70(72-71(61)76-80-77-72)78(58-16-5-2-6-17-58)59-36-26-49(27-37-59)51-12-11-15-55(44-51)73(54-13-3-1-4-14-54)66-20-9-7-18-62(66)63-19-8-10-21-67(63)73/h1-46H. The average molecular weight is 1050 g/mol. The molecule has 0 saturated carbocycles. The van der Waals surface area contributed by atoms with E-state index in [0.717, 1.165) is 100 Å². The lowest BCUT2D eigenvalue weighted by Gasteiger charge is -2.34. The SMILES string of the molecule is Fc1ccc(-c2ccc3c(c2)c2cc(-c4ccc(F)cc4)ccc2n3-c2ccc(-c3ccc(N(c4ccccc4)c4ccc(-c5cccc(C6(c7ccccc7)c7ccccc7-c7ccccc76)c5)cc4)c4nsnc34)cc2)cc1. The molecule has 0 N–H and O–H groups in total. The summed E-state index contributed by atoms with van der Waals surface area (Å²) >= 11 is 1.22. The molecule has 7 heteroatoms. The number of nitrogens with zero attached hydrogens (tertiary/aromatic N) is 4. The quantitative estimate of drug-likeness (QED) is 0.137. The number of benzene rings is 12. The number of halogens is 2. The van der Waals surface area contributed by atoms with Crippen molar-refractivity contribution in [3.8, 4) is 61.3 Å². The Bertz CT molecular complexity index is 4500. The first-order valence-corrected chi connectivity index (χ1v) is 27.5. The third-order valence-electron chi connectivity index (χ3n) is 16.1. The van der Waals surface area contributed by atoms with E-state index in [1.54, 1.807) is 0 Å². The van der Waals surface area contributed by atoms with Gasteiger partial charge in [0.15, 0.2) is 0 Å². The predicted octanol–water partition coefficient (Wildman–Crippen LogP) is 19.6. The molecule has 2 heterocycles. The first-order chi connectivity index (χ1) is 39.5. The average Bonchev–Trinajstić information content (AvgIpc) is 4.36. The third kappa shape index (κ3) is 7.69. The number of hydrogen-bond acceptors (Lipinski definition) is 4. The fourth-order valence-corrected chi connectivity index (χ4v) is 13.0. The Morgan fingerprint density at radius 3 is 1.43 bits per heavy atom. The fraction of sp³-hybridized carbons (Fsp3) is 0.0137. The van der Waals surface area contributed by atoms with Gasteiger partial charge in [0.25, 0.3) is 0 Å². The summed E-state index contributed by atoms with van der Waals surface area (Å²) in [6.45, 7) is 0. The molecule has 0 bridgehead atoms. The Balaban J connectivity index is 0.787. The zero-order chi connectivity index (χ0) is 53.3. The van der Waals surface area contributed by atoms with Crippen LogP contribution in [0, 0.1) is 11.6 Å². The van der Waals surface area contributed by atoms with E-state index in [9.17, 15) is 8.78 Å². The number of fused-ring (bicyclic) bond motifs is 7. The van der Waals surface area contributed by atoms with Crippen LogP contribution in [0.5, 0.6) is 0 Å². The van der Waals surface area contributed by atoms with Crippen LogP contribution in [0.4, 0.5) is 25.8 Å². The van der Waals surface area contributed by atoms with Crippen molar-refractivity contribution in [2.75, 3.05) is 4.90 Å². The summed E-state index contributed by atoms with van der Waals surface area (Å²) in [5, 5.41) is 2.11. The van der Waals surface area contributed by atoms with Crippen LogP contribution < -0.4 is 4.90 Å². The zero-order valence-corrected chi connectivity index (χ0v) is 43.8. The van der Waals surface area contributed by atoms with Gasteiger partial charge in [0.1, 0.15) is 22.7 Å². The van der Waals surface area contributed by atoms with Gasteiger partial charge in [-0.1, -0.05) is 176 Å². The Hall–Kier alpha value is -10.1. The highest BCUT2D eigenvalue weighted by atomic mass is 32.1. The Morgan fingerprint density at radius 2 is 0.825 bits per heavy atom. The lowest BCUT2D eigenvalue weighted by atomic mass is 9.67. The number of anilines is 3. The van der Waals surface area contributed by atoms with Gasteiger partial charge in [-0.25, -0.2) is 8.78 Å². The molecule has 14 aromatic rings. The van der Waals surface area contributed by atoms with E-state index in [2.05, 4.69) is 234 Å². The van der Waals surface area contributed by atoms with Crippen LogP contribution in [0.15, 0.2) is 279 Å². The maximum atomic E-state index is 14.0. The largest absolute Gasteiger partial charge is 0.309 e. The van der Waals surface area contributed by atoms with Gasteiger partial charge in [0, 0.05) is 33.4 Å². The smallest absolute Gasteiger partial charge is 0.129 e. The molecule has 0 saturated heterocycles. The molecule has 0 aliphatic heterocycles. The van der Waals surface area contributed by atoms with E-state index in [1.165, 1.54) is 69.4 Å². The van der Waals surface area contributed by atoms with Gasteiger partial charge in [-0.05, 0) is 175 Å². The van der Waals surface area contributed by atoms with E-state index < -0.39 is 5.41 Å². The van der Waals surface area contributed by atoms with Crippen LogP contribution in [0.2, 0.25) is 0 Å². The highest BCUT2D eigenvalue weighted by Gasteiger charge is 2.46. The van der Waals surface area contributed by atoms with Gasteiger partial charge < -0.3 is 9.47 Å². The summed E-state index contributed by atoms with van der Waals surface area (Å²) in [5.74, 6) is -0.544. The van der Waals surface area contributed by atoms with Crippen LogP contribution in [0.1, 0.15) is 22.3 Å². The van der Waals surface area contributed by atoms with Gasteiger partial charge >= 0.3 is 0 Å². The molecule has 378 valence electrons. The van der Waals surface area contributed by atoms with Crippen LogP contribution in [0.3, 0.4) is 0 Å². The zero-order valence-electron chi connectivity index (χ0n) is 43.0. The molecular weight excluding hydrogens is 1000 g/mol. The first-order valence-electron chi connectivity index (χ1n) is 26.8. The molecule has 0 fully saturated rings. The second-order valence-corrected chi connectivity index (χ2v) is 21.0. The molecular formula is C73H46F2N4S. The summed E-state index contributed by atoms with van der Waals surface area (Å²) in [6, 6.07) is 96.2. The van der Waals surface area contributed by atoms with Crippen molar-refractivity contribution in [1.82, 2.24) is 13.3 Å². The van der Waals surface area contributed by atoms with E-state index >= 15 is 0 Å². The maximum absolute atomic E-state index is 14.0. The summed E-state index contributed by atoms with van der Waals surface area (Å²) < 4.78 is 40.3. The summed E-state index contributed by atoms with van der Waals surface area (Å²) in [5.41, 5.74) is 22.9. The molecule has 0 atom stereocenters. The highest BCUT2D eigenvalue weighted by molar-refractivity contribution is 7.00. The maximum Gasteiger partial charge on any atom is 0.129 e. The first kappa shape index (κ1) is 47.2. The Morgan fingerprint density at radius 1 is 0.350 bits per heavy atom. The fourth-order valence-electron chi connectivity index (χ4n) is 12.5. The van der Waals surface area contributed by atoms with Gasteiger partial charge in [-0.15, -0.1) is 0 Å². The topological polar surface area (TPSA) is 34.0 Å². The van der Waals surface area contributed by atoms with Crippen molar-refractivity contribution in [2.45, 2.75) is 5.41 Å². The van der Waals surface area contributed by atoms with E-state index in [-0.39, 0.29) is 11.6 Å². The minimum Gasteiger partial charge on any atom is -0.309 e. The molecule has 0 amide bonds. The van der Waals surface area contributed by atoms with Crippen molar-refractivity contribution < 1.29 is 8.78 Å². The molecule has 1 aliphatic carbocycles. The lowest BCUT2D eigenvalue weighted by molar-refractivity contribution is 0.627. The minimum absolute atomic E-state index is 0.272. The Labute approximate surface area is 465 Å². The Kier molecular flexibility index (Phi) is 11.3. The number of aromatic nitrogens is 3. The van der Waals surface area contributed by atoms with Crippen molar-refractivity contribution in [1.29, 1.82) is 0 Å². The van der Waals surface area contributed by atoms with E-state index in [1.807, 2.05) is 30.3 Å². The molecule has 15 rings (SSSR count). The van der Waals surface area contributed by atoms with Crippen molar-refractivity contribution in [3.63, 3.8) is 0 Å². The lowest BCUT2D eigenvalue weighted by Crippen LogP contribution is -2.28. The molecule has 0 unspecified atom stereocenters. The van der Waals surface area contributed by atoms with Crippen LogP contribution in [0.25, 0.3) is 94.2 Å². The predicted molar refractivity (Wildman–Crippen MR) is 325 cm³/mol. The van der Waals surface area contributed by atoms with Crippen LogP contribution >= 0.6 is 11.7 Å². The monoisotopic (exact) mass is 1050 g/mol. The molecule has 80 heavy (non-hydrogen) atoms. The molecule has 12 aromatic carbocycles. The highest BCUT2D eigenvalue weighted by Crippen LogP contribution is 2.56. The summed E-state index contributed by atoms with van der Waals surface area (Å²) in [4.78, 5) is 2.28. The summed E-state index contributed by atoms with van der Waals surface area (Å²) in [6.07, 6.45) is 0. The second-order valence-electron chi connectivity index (χ2n) is 20.5. The molecule has 0 spiro atoms. The molecule has 1 aliphatic rings. The number of para-hydroxylation sites is 1. The van der Waals surface area contributed by atoms with Crippen molar-refractivity contribution >= 4 is 61.6 Å². The molecule has 4 nitrogen and oxygen atoms in total. The van der Waals surface area contributed by atoms with Crippen molar-refractivity contribution in [3.05, 3.63) is 313 Å². The van der Waals surface area contributed by atoms with Gasteiger partial charge in [0.05, 0.1) is 33.9 Å². The van der Waals surface area contributed by atoms with Crippen LogP contribution in [-0.2, 0) is 5.41 Å². The van der Waals surface area contributed by atoms with Crippen LogP contribution in [-0.4, -0.2) is 13.3 Å².